The quantitative estimate of drug-likeness (QED) is 0.358. The number of rotatable bonds is 9. The molecular weight excluding hydrogens is 410 g/mol. The highest BCUT2D eigenvalue weighted by molar-refractivity contribution is 6.07. The highest BCUT2D eigenvalue weighted by Gasteiger charge is 2.63. The normalized spacial score (nSPS) is 29.5. The summed E-state index contributed by atoms with van der Waals surface area (Å²) in [5.41, 5.74) is 2.65. The molecule has 3 rings (SSSR count). The summed E-state index contributed by atoms with van der Waals surface area (Å²) >= 11 is 0. The van der Waals surface area contributed by atoms with Crippen LogP contribution < -0.4 is 0 Å². The van der Waals surface area contributed by atoms with E-state index in [9.17, 15) is 25.2 Å². The standard InChI is InChI=1S/C25H37NO6/c1-24(2)18-9-10-25(24,3)23(32)17(18)11-15-5-7-16(8-6-15)12-26(4)13-19(28)21(30)22(31)20(29)14-27/h5-8,11,18-22,27-31H,9-10,12-14H2,1-4H3/b17-11+/t18?,19-,20+,21+,22+,25?/m0/s1. The van der Waals surface area contributed by atoms with E-state index < -0.39 is 31.0 Å². The Morgan fingerprint density at radius 3 is 2.19 bits per heavy atom. The highest BCUT2D eigenvalue weighted by Crippen LogP contribution is 2.65. The summed E-state index contributed by atoms with van der Waals surface area (Å²) < 4.78 is 0. The molecule has 178 valence electrons. The Hall–Kier alpha value is -1.61. The lowest BCUT2D eigenvalue weighted by Gasteiger charge is -2.31. The van der Waals surface area contributed by atoms with Crippen LogP contribution >= 0.6 is 0 Å². The van der Waals surface area contributed by atoms with Gasteiger partial charge in [0.1, 0.15) is 18.3 Å². The Labute approximate surface area is 190 Å². The van der Waals surface area contributed by atoms with Crippen LogP contribution in [0.4, 0.5) is 0 Å². The van der Waals surface area contributed by atoms with Crippen LogP contribution in [-0.4, -0.2) is 80.8 Å². The lowest BCUT2D eigenvalue weighted by atomic mass is 9.70. The van der Waals surface area contributed by atoms with Crippen molar-refractivity contribution in [1.29, 1.82) is 0 Å². The zero-order chi connectivity index (χ0) is 23.8. The molecule has 7 nitrogen and oxygen atoms in total. The van der Waals surface area contributed by atoms with Gasteiger partial charge in [0.15, 0.2) is 5.78 Å². The van der Waals surface area contributed by atoms with Crippen molar-refractivity contribution in [3.8, 4) is 0 Å². The number of ketones is 1. The van der Waals surface area contributed by atoms with Crippen molar-refractivity contribution in [1.82, 2.24) is 4.90 Å². The summed E-state index contributed by atoms with van der Waals surface area (Å²) in [4.78, 5) is 14.8. The van der Waals surface area contributed by atoms with Gasteiger partial charge in [0.25, 0.3) is 0 Å². The number of carbonyl (C=O) groups excluding carboxylic acids is 1. The molecule has 2 aliphatic rings. The van der Waals surface area contributed by atoms with Gasteiger partial charge < -0.3 is 25.5 Å². The maximum absolute atomic E-state index is 13.0. The predicted molar refractivity (Wildman–Crippen MR) is 121 cm³/mol. The highest BCUT2D eigenvalue weighted by atomic mass is 16.4. The molecule has 2 saturated carbocycles. The third-order valence-electron chi connectivity index (χ3n) is 7.94. The van der Waals surface area contributed by atoms with Crippen molar-refractivity contribution < 1.29 is 30.3 Å². The molecule has 0 aliphatic heterocycles. The molecule has 0 aromatic heterocycles. The number of nitrogens with zero attached hydrogens (tertiary/aromatic N) is 1. The summed E-state index contributed by atoms with van der Waals surface area (Å²) in [6.45, 7) is 6.39. The molecule has 2 fully saturated rings. The molecule has 0 heterocycles. The van der Waals surface area contributed by atoms with E-state index in [1.165, 1.54) is 0 Å². The average Bonchev–Trinajstić information content (AvgIpc) is 3.06. The van der Waals surface area contributed by atoms with Crippen molar-refractivity contribution >= 4 is 11.9 Å². The molecule has 6 atom stereocenters. The van der Waals surface area contributed by atoms with Gasteiger partial charge in [-0.3, -0.25) is 9.69 Å². The second kappa shape index (κ2) is 9.33. The minimum atomic E-state index is -1.63. The number of aliphatic hydroxyl groups is 5. The number of Topliss-reactive ketones (excluding diaryl/α,β-unsaturated/α-hetero) is 1. The van der Waals surface area contributed by atoms with E-state index in [4.69, 9.17) is 5.11 Å². The Kier molecular flexibility index (Phi) is 7.29. The van der Waals surface area contributed by atoms with Crippen LogP contribution in [0.5, 0.6) is 0 Å². The van der Waals surface area contributed by atoms with E-state index >= 15 is 0 Å². The Morgan fingerprint density at radius 2 is 1.66 bits per heavy atom. The van der Waals surface area contributed by atoms with Crippen LogP contribution in [-0.2, 0) is 11.3 Å². The molecule has 32 heavy (non-hydrogen) atoms. The van der Waals surface area contributed by atoms with Crippen LogP contribution in [0, 0.1) is 16.7 Å². The lowest BCUT2D eigenvalue weighted by molar-refractivity contribution is -0.125. The second-order valence-corrected chi connectivity index (χ2v) is 10.3. The van der Waals surface area contributed by atoms with Gasteiger partial charge in [0.05, 0.1) is 12.7 Å². The average molecular weight is 448 g/mol. The molecule has 2 bridgehead atoms. The Bertz CT molecular complexity index is 850. The summed E-state index contributed by atoms with van der Waals surface area (Å²) in [7, 11) is 1.78. The van der Waals surface area contributed by atoms with Crippen LogP contribution in [0.15, 0.2) is 29.8 Å². The minimum absolute atomic E-state index is 0.00916. The molecule has 0 saturated heterocycles. The van der Waals surface area contributed by atoms with Crippen LogP contribution in [0.25, 0.3) is 6.08 Å². The minimum Gasteiger partial charge on any atom is -0.394 e. The van der Waals surface area contributed by atoms with Gasteiger partial charge in [-0.05, 0) is 54.0 Å². The number of hydrogen-bond acceptors (Lipinski definition) is 7. The van der Waals surface area contributed by atoms with Crippen LogP contribution in [0.1, 0.15) is 44.7 Å². The first kappa shape index (κ1) is 25.0. The first-order chi connectivity index (χ1) is 14.9. The van der Waals surface area contributed by atoms with Crippen molar-refractivity contribution in [2.45, 2.75) is 64.6 Å². The van der Waals surface area contributed by atoms with E-state index in [0.717, 1.165) is 29.5 Å². The van der Waals surface area contributed by atoms with Crippen molar-refractivity contribution in [2.24, 2.45) is 16.7 Å². The lowest BCUT2D eigenvalue weighted by Crippen LogP contribution is -2.49. The fourth-order valence-corrected chi connectivity index (χ4v) is 5.36. The first-order valence-corrected chi connectivity index (χ1v) is 11.3. The first-order valence-electron chi connectivity index (χ1n) is 11.3. The van der Waals surface area contributed by atoms with E-state index in [-0.39, 0.29) is 23.2 Å². The summed E-state index contributed by atoms with van der Waals surface area (Å²) in [6.07, 6.45) is -1.95. The number of carbonyl (C=O) groups is 1. The SMILES string of the molecule is CN(Cc1ccc(/C=C2/C(=O)C3(C)CCC2C3(C)C)cc1)C[C@H](O)[C@@H](O)[C@H](O)[C@H](O)CO. The Balaban J connectivity index is 1.61. The van der Waals surface area contributed by atoms with Gasteiger partial charge in [0.2, 0.25) is 0 Å². The maximum atomic E-state index is 13.0. The molecule has 2 aliphatic carbocycles. The topological polar surface area (TPSA) is 121 Å². The van der Waals surface area contributed by atoms with E-state index in [1.807, 2.05) is 30.3 Å². The molecule has 7 heteroatoms. The number of likely N-dealkylation sites (N-methyl/N-ethyl adjacent to an activating group) is 1. The summed E-state index contributed by atoms with van der Waals surface area (Å²) in [5.74, 6) is 0.585. The summed E-state index contributed by atoms with van der Waals surface area (Å²) in [5, 5.41) is 48.1. The number of hydrogen-bond donors (Lipinski definition) is 5. The maximum Gasteiger partial charge on any atom is 0.165 e. The molecular formula is C25H37NO6. The zero-order valence-corrected chi connectivity index (χ0v) is 19.4. The third kappa shape index (κ3) is 4.42. The van der Waals surface area contributed by atoms with Crippen molar-refractivity contribution in [3.05, 3.63) is 41.0 Å². The molecule has 0 radical (unpaired) electrons. The molecule has 1 aromatic rings. The fraction of sp³-hybridized carbons (Fsp3) is 0.640. The molecule has 1 aromatic carbocycles. The molecule has 0 spiro atoms. The number of allylic oxidation sites excluding steroid dienone is 1. The van der Waals surface area contributed by atoms with Gasteiger partial charge in [-0.15, -0.1) is 0 Å². The second-order valence-electron chi connectivity index (χ2n) is 10.3. The Morgan fingerprint density at radius 1 is 1.06 bits per heavy atom. The smallest absolute Gasteiger partial charge is 0.165 e. The van der Waals surface area contributed by atoms with Crippen LogP contribution in [0.3, 0.4) is 0 Å². The monoisotopic (exact) mass is 447 g/mol. The number of aliphatic hydroxyl groups excluding tert-OH is 5. The van der Waals surface area contributed by atoms with Gasteiger partial charge in [-0.1, -0.05) is 45.0 Å². The van der Waals surface area contributed by atoms with Crippen molar-refractivity contribution in [2.75, 3.05) is 20.2 Å². The molecule has 0 amide bonds. The van der Waals surface area contributed by atoms with Gasteiger partial charge in [0, 0.05) is 18.5 Å². The van der Waals surface area contributed by atoms with E-state index in [0.29, 0.717) is 12.5 Å². The van der Waals surface area contributed by atoms with E-state index in [2.05, 4.69) is 20.8 Å². The van der Waals surface area contributed by atoms with Gasteiger partial charge >= 0.3 is 0 Å². The summed E-state index contributed by atoms with van der Waals surface area (Å²) in [6, 6.07) is 7.91. The van der Waals surface area contributed by atoms with E-state index in [1.54, 1.807) is 11.9 Å². The van der Waals surface area contributed by atoms with Gasteiger partial charge in [-0.2, -0.15) is 0 Å². The van der Waals surface area contributed by atoms with Crippen LogP contribution in [0.2, 0.25) is 0 Å². The largest absolute Gasteiger partial charge is 0.394 e. The predicted octanol–water partition coefficient (Wildman–Crippen LogP) is 0.963. The number of benzene rings is 1. The molecule has 2 unspecified atom stereocenters. The zero-order valence-electron chi connectivity index (χ0n) is 19.4. The van der Waals surface area contributed by atoms with Crippen molar-refractivity contribution in [3.63, 3.8) is 0 Å². The number of fused-ring (bicyclic) bond motifs is 2. The fourth-order valence-electron chi connectivity index (χ4n) is 5.36. The van der Waals surface area contributed by atoms with Gasteiger partial charge in [-0.25, -0.2) is 0 Å². The molecule has 5 N–H and O–H groups in total. The third-order valence-corrected chi connectivity index (χ3v) is 7.94.